The molecule has 0 aromatic heterocycles. The molecule has 2 heterocycles. The number of halogens is 1. The molecule has 2 saturated heterocycles. The van der Waals surface area contributed by atoms with E-state index in [4.69, 9.17) is 23.7 Å². The van der Waals surface area contributed by atoms with Crippen molar-refractivity contribution in [2.24, 2.45) is 5.92 Å². The van der Waals surface area contributed by atoms with Gasteiger partial charge in [-0.3, -0.25) is 0 Å². The fourth-order valence-corrected chi connectivity index (χ4v) is 5.12. The summed E-state index contributed by atoms with van der Waals surface area (Å²) in [7, 11) is 0. The van der Waals surface area contributed by atoms with Crippen molar-refractivity contribution in [3.05, 3.63) is 113 Å². The molecule has 0 N–H and O–H groups in total. The molecule has 2 fully saturated rings. The molecule has 3 aromatic carbocycles. The Morgan fingerprint density at radius 2 is 1.39 bits per heavy atom. The summed E-state index contributed by atoms with van der Waals surface area (Å²) in [5.41, 5.74) is 3.06. The summed E-state index contributed by atoms with van der Waals surface area (Å²) in [4.78, 5) is 0. The molecular formula is C32H35FO5. The molecule has 2 aliphatic heterocycles. The molecule has 6 heteroatoms. The maximum absolute atomic E-state index is 16.6. The molecule has 0 amide bonds. The van der Waals surface area contributed by atoms with Crippen molar-refractivity contribution in [2.75, 3.05) is 13.2 Å². The smallest absolute Gasteiger partial charge is 0.184 e. The van der Waals surface area contributed by atoms with Gasteiger partial charge in [0, 0.05) is 17.0 Å². The van der Waals surface area contributed by atoms with E-state index >= 15 is 4.39 Å². The van der Waals surface area contributed by atoms with Gasteiger partial charge < -0.3 is 23.7 Å². The highest BCUT2D eigenvalue weighted by Gasteiger charge is 2.44. The summed E-state index contributed by atoms with van der Waals surface area (Å²) in [6, 6.07) is 27.1. The van der Waals surface area contributed by atoms with Gasteiger partial charge >= 0.3 is 0 Å². The van der Waals surface area contributed by atoms with Gasteiger partial charge in [-0.2, -0.15) is 0 Å². The molecular weight excluding hydrogens is 483 g/mol. The second-order valence-corrected chi connectivity index (χ2v) is 9.74. The van der Waals surface area contributed by atoms with E-state index in [1.54, 1.807) is 12.1 Å². The third kappa shape index (κ3) is 6.00. The molecule has 0 radical (unpaired) electrons. The van der Waals surface area contributed by atoms with E-state index in [0.717, 1.165) is 11.1 Å². The first-order chi connectivity index (χ1) is 18.7. The fraction of sp³-hybridized carbons (Fsp3) is 0.375. The minimum absolute atomic E-state index is 0.0159. The average Bonchev–Trinajstić information content (AvgIpc) is 3.51. The number of ether oxygens (including phenoxy) is 5. The van der Waals surface area contributed by atoms with E-state index in [1.807, 2.05) is 79.7 Å². The predicted octanol–water partition coefficient (Wildman–Crippen LogP) is 6.99. The Labute approximate surface area is 224 Å². The third-order valence-electron chi connectivity index (χ3n) is 7.19. The SMILES string of the molecule is CC[C@H]1O/C(=C(\F)c2ccccc2C2OCCO2)[C@H](OCc2ccccc2)[C@@H](OCc2ccccc2)[C@@H]1C. The highest BCUT2D eigenvalue weighted by atomic mass is 19.1. The van der Waals surface area contributed by atoms with Gasteiger partial charge in [0.1, 0.15) is 12.2 Å². The summed E-state index contributed by atoms with van der Waals surface area (Å²) in [6.07, 6.45) is -1.28. The zero-order valence-corrected chi connectivity index (χ0v) is 21.9. The van der Waals surface area contributed by atoms with E-state index < -0.39 is 24.3 Å². The maximum atomic E-state index is 16.6. The standard InChI is InChI=1S/C32H35FO5/c1-3-27-22(2)29(36-20-23-12-6-4-7-13-23)31(37-21-24-14-8-5-9-15-24)30(38-27)28(33)25-16-10-11-17-26(25)32-34-18-19-35-32/h4-17,22,27,29,31-32H,3,18-21H2,1-2H3/b30-28-/t22-,27-,29+,31-/m1/s1. The summed E-state index contributed by atoms with van der Waals surface area (Å²) in [5, 5.41) is 0. The average molecular weight is 519 g/mol. The molecule has 0 spiro atoms. The van der Waals surface area contributed by atoms with Crippen LogP contribution in [0.15, 0.2) is 90.7 Å². The Balaban J connectivity index is 1.52. The van der Waals surface area contributed by atoms with Gasteiger partial charge in [0.05, 0.1) is 32.5 Å². The zero-order chi connectivity index (χ0) is 26.3. The first kappa shape index (κ1) is 26.6. The second-order valence-electron chi connectivity index (χ2n) is 9.74. The highest BCUT2D eigenvalue weighted by molar-refractivity contribution is 5.65. The van der Waals surface area contributed by atoms with Gasteiger partial charge in [-0.25, -0.2) is 4.39 Å². The van der Waals surface area contributed by atoms with Crippen LogP contribution in [0.3, 0.4) is 0 Å². The quantitative estimate of drug-likeness (QED) is 0.306. The molecule has 0 unspecified atom stereocenters. The van der Waals surface area contributed by atoms with Crippen LogP contribution in [-0.2, 0) is 36.9 Å². The van der Waals surface area contributed by atoms with E-state index in [-0.39, 0.29) is 17.8 Å². The number of rotatable bonds is 9. The van der Waals surface area contributed by atoms with Crippen molar-refractivity contribution in [1.82, 2.24) is 0 Å². The minimum Gasteiger partial charge on any atom is -0.488 e. The van der Waals surface area contributed by atoms with Crippen LogP contribution in [0, 0.1) is 5.92 Å². The lowest BCUT2D eigenvalue weighted by Crippen LogP contribution is -2.49. The van der Waals surface area contributed by atoms with Crippen molar-refractivity contribution in [3.8, 4) is 0 Å². The normalized spacial score (nSPS) is 25.2. The lowest BCUT2D eigenvalue weighted by Gasteiger charge is -2.42. The lowest BCUT2D eigenvalue weighted by molar-refractivity contribution is -0.167. The number of hydrogen-bond donors (Lipinski definition) is 0. The van der Waals surface area contributed by atoms with E-state index in [2.05, 4.69) is 6.92 Å². The van der Waals surface area contributed by atoms with E-state index in [1.165, 1.54) is 0 Å². The molecule has 2 aliphatic rings. The molecule has 200 valence electrons. The largest absolute Gasteiger partial charge is 0.488 e. The predicted molar refractivity (Wildman–Crippen MR) is 143 cm³/mol. The van der Waals surface area contributed by atoms with Crippen molar-refractivity contribution >= 4 is 5.83 Å². The molecule has 4 atom stereocenters. The van der Waals surface area contributed by atoms with Crippen LogP contribution < -0.4 is 0 Å². The van der Waals surface area contributed by atoms with Crippen LogP contribution in [0.25, 0.3) is 5.83 Å². The van der Waals surface area contributed by atoms with Gasteiger partial charge in [-0.05, 0) is 17.5 Å². The first-order valence-corrected chi connectivity index (χ1v) is 13.4. The Hall–Kier alpha value is -3.03. The molecule has 3 aromatic rings. The summed E-state index contributed by atoms with van der Waals surface area (Å²) < 4.78 is 47.3. The topological polar surface area (TPSA) is 46.2 Å². The minimum atomic E-state index is -0.741. The van der Waals surface area contributed by atoms with Gasteiger partial charge in [0.25, 0.3) is 0 Å². The third-order valence-corrected chi connectivity index (χ3v) is 7.19. The van der Waals surface area contributed by atoms with E-state index in [0.29, 0.717) is 44.0 Å². The summed E-state index contributed by atoms with van der Waals surface area (Å²) in [5.74, 6) is -0.330. The van der Waals surface area contributed by atoms with Crippen molar-refractivity contribution in [1.29, 1.82) is 0 Å². The molecule has 5 nitrogen and oxygen atoms in total. The van der Waals surface area contributed by atoms with Crippen LogP contribution >= 0.6 is 0 Å². The van der Waals surface area contributed by atoms with Crippen LogP contribution in [0.2, 0.25) is 0 Å². The van der Waals surface area contributed by atoms with Crippen LogP contribution in [0.5, 0.6) is 0 Å². The Morgan fingerprint density at radius 3 is 2.03 bits per heavy atom. The zero-order valence-electron chi connectivity index (χ0n) is 21.9. The van der Waals surface area contributed by atoms with Crippen molar-refractivity contribution in [3.63, 3.8) is 0 Å². The monoisotopic (exact) mass is 518 g/mol. The fourth-order valence-electron chi connectivity index (χ4n) is 5.12. The number of benzene rings is 3. The molecule has 5 rings (SSSR count). The van der Waals surface area contributed by atoms with Gasteiger partial charge in [-0.15, -0.1) is 0 Å². The summed E-state index contributed by atoms with van der Waals surface area (Å²) >= 11 is 0. The van der Waals surface area contributed by atoms with Crippen LogP contribution in [-0.4, -0.2) is 31.5 Å². The van der Waals surface area contributed by atoms with Crippen molar-refractivity contribution in [2.45, 2.75) is 58.1 Å². The van der Waals surface area contributed by atoms with Gasteiger partial charge in [0.2, 0.25) is 0 Å². The van der Waals surface area contributed by atoms with Gasteiger partial charge in [-0.1, -0.05) is 98.8 Å². The van der Waals surface area contributed by atoms with Crippen molar-refractivity contribution < 1.29 is 28.1 Å². The highest BCUT2D eigenvalue weighted by Crippen LogP contribution is 2.41. The Bertz CT molecular complexity index is 1190. The van der Waals surface area contributed by atoms with Crippen LogP contribution in [0.1, 0.15) is 48.8 Å². The second kappa shape index (κ2) is 12.7. The van der Waals surface area contributed by atoms with Gasteiger partial charge in [0.15, 0.2) is 17.9 Å². The summed E-state index contributed by atoms with van der Waals surface area (Å²) in [6.45, 7) is 5.78. The van der Waals surface area contributed by atoms with E-state index in [9.17, 15) is 0 Å². The Kier molecular flexibility index (Phi) is 8.86. The molecule has 0 saturated carbocycles. The molecule has 0 aliphatic carbocycles. The molecule has 38 heavy (non-hydrogen) atoms. The number of hydrogen-bond acceptors (Lipinski definition) is 5. The van der Waals surface area contributed by atoms with Crippen LogP contribution in [0.4, 0.5) is 4.39 Å². The maximum Gasteiger partial charge on any atom is 0.184 e. The lowest BCUT2D eigenvalue weighted by atomic mass is 9.87. The Morgan fingerprint density at radius 1 is 0.816 bits per heavy atom. The first-order valence-electron chi connectivity index (χ1n) is 13.4. The molecule has 0 bridgehead atoms.